The van der Waals surface area contributed by atoms with Crippen molar-refractivity contribution in [3.8, 4) is 0 Å². The minimum absolute atomic E-state index is 0.0775. The summed E-state index contributed by atoms with van der Waals surface area (Å²) in [6, 6.07) is 6.54. The van der Waals surface area contributed by atoms with E-state index in [0.29, 0.717) is 6.54 Å². The highest BCUT2D eigenvalue weighted by Crippen LogP contribution is 2.22. The van der Waals surface area contributed by atoms with E-state index in [9.17, 15) is 9.50 Å². The Labute approximate surface area is 124 Å². The van der Waals surface area contributed by atoms with Crippen molar-refractivity contribution in [1.29, 1.82) is 0 Å². The van der Waals surface area contributed by atoms with Crippen LogP contribution in [0.15, 0.2) is 36.7 Å². The molecule has 5 heteroatoms. The minimum atomic E-state index is -0.998. The molecule has 0 aliphatic rings. The molecule has 0 fully saturated rings. The van der Waals surface area contributed by atoms with Crippen molar-refractivity contribution >= 4 is 0 Å². The monoisotopic (exact) mass is 291 g/mol. The van der Waals surface area contributed by atoms with Gasteiger partial charge < -0.3 is 10.4 Å². The van der Waals surface area contributed by atoms with Crippen LogP contribution in [0.3, 0.4) is 0 Å². The van der Waals surface area contributed by atoms with Gasteiger partial charge in [0.05, 0.1) is 6.20 Å². The van der Waals surface area contributed by atoms with Gasteiger partial charge >= 0.3 is 0 Å². The lowest BCUT2D eigenvalue weighted by molar-refractivity contribution is 0.0535. The predicted molar refractivity (Wildman–Crippen MR) is 80.2 cm³/mol. The zero-order valence-corrected chi connectivity index (χ0v) is 12.7. The van der Waals surface area contributed by atoms with E-state index in [1.807, 2.05) is 7.05 Å². The molecule has 0 amide bonds. The molecule has 0 radical (unpaired) electrons. The molecule has 2 N–H and O–H groups in total. The highest BCUT2D eigenvalue weighted by Gasteiger charge is 2.25. The maximum absolute atomic E-state index is 13.0. The highest BCUT2D eigenvalue weighted by molar-refractivity contribution is 5.20. The number of aliphatic hydroxyl groups is 1. The third kappa shape index (κ3) is 3.89. The summed E-state index contributed by atoms with van der Waals surface area (Å²) in [6.07, 6.45) is 4.33. The normalized spacial score (nSPS) is 15.7. The minimum Gasteiger partial charge on any atom is -0.384 e. The lowest BCUT2D eigenvalue weighted by Crippen LogP contribution is -2.37. The first-order valence-corrected chi connectivity index (χ1v) is 7.12. The Morgan fingerprint density at radius 2 is 2.05 bits per heavy atom. The standard InChI is InChI=1S/C16H22FN3O/c1-4-15(12-5-7-14(17)8-6-12)18-11-16(2,21)13-9-19-20(3)10-13/h5-10,15,18,21H,4,11H2,1-3H3. The maximum Gasteiger partial charge on any atom is 0.123 e. The number of nitrogens with zero attached hydrogens (tertiary/aromatic N) is 2. The number of hydrogen-bond donors (Lipinski definition) is 2. The third-order valence-corrected chi connectivity index (χ3v) is 3.70. The second-order valence-corrected chi connectivity index (χ2v) is 5.57. The Bertz CT molecular complexity index is 577. The lowest BCUT2D eigenvalue weighted by atomic mass is 9.97. The van der Waals surface area contributed by atoms with E-state index in [0.717, 1.165) is 17.5 Å². The number of hydrogen-bond acceptors (Lipinski definition) is 3. The molecule has 2 unspecified atom stereocenters. The summed E-state index contributed by atoms with van der Waals surface area (Å²) < 4.78 is 14.7. The number of benzene rings is 1. The molecule has 2 rings (SSSR count). The molecular formula is C16H22FN3O. The molecule has 21 heavy (non-hydrogen) atoms. The molecule has 1 aromatic carbocycles. The average Bonchev–Trinajstić information content (AvgIpc) is 2.89. The molecule has 0 aliphatic carbocycles. The Morgan fingerprint density at radius 3 is 2.57 bits per heavy atom. The molecule has 0 saturated heterocycles. The van der Waals surface area contributed by atoms with Crippen molar-refractivity contribution in [2.45, 2.75) is 31.9 Å². The van der Waals surface area contributed by atoms with E-state index in [1.165, 1.54) is 12.1 Å². The zero-order chi connectivity index (χ0) is 15.5. The summed E-state index contributed by atoms with van der Waals surface area (Å²) in [5.41, 5.74) is 0.786. The first kappa shape index (κ1) is 15.7. The summed E-state index contributed by atoms with van der Waals surface area (Å²) >= 11 is 0. The van der Waals surface area contributed by atoms with E-state index in [1.54, 1.807) is 36.1 Å². The average molecular weight is 291 g/mol. The molecule has 0 bridgehead atoms. The fraction of sp³-hybridized carbons (Fsp3) is 0.438. The van der Waals surface area contributed by atoms with Gasteiger partial charge in [-0.05, 0) is 31.0 Å². The van der Waals surface area contributed by atoms with Crippen molar-refractivity contribution in [3.05, 3.63) is 53.6 Å². The van der Waals surface area contributed by atoms with Crippen LogP contribution in [-0.2, 0) is 12.6 Å². The number of aryl methyl sites for hydroxylation is 1. The molecule has 2 atom stereocenters. The summed E-state index contributed by atoms with van der Waals surface area (Å²) in [5.74, 6) is -0.240. The van der Waals surface area contributed by atoms with E-state index in [-0.39, 0.29) is 11.9 Å². The number of aromatic nitrogens is 2. The smallest absolute Gasteiger partial charge is 0.123 e. The Kier molecular flexibility index (Phi) is 4.75. The molecule has 114 valence electrons. The fourth-order valence-corrected chi connectivity index (χ4v) is 2.32. The molecule has 1 heterocycles. The highest BCUT2D eigenvalue weighted by atomic mass is 19.1. The quantitative estimate of drug-likeness (QED) is 0.860. The Hall–Kier alpha value is -1.72. The zero-order valence-electron chi connectivity index (χ0n) is 12.7. The van der Waals surface area contributed by atoms with E-state index in [4.69, 9.17) is 0 Å². The van der Waals surface area contributed by atoms with Gasteiger partial charge in [-0.3, -0.25) is 4.68 Å². The van der Waals surface area contributed by atoms with Crippen molar-refractivity contribution < 1.29 is 9.50 Å². The molecule has 0 aliphatic heterocycles. The van der Waals surface area contributed by atoms with E-state index in [2.05, 4.69) is 17.3 Å². The summed E-state index contributed by atoms with van der Waals surface area (Å²) in [5, 5.41) is 18.0. The number of rotatable bonds is 6. The molecule has 0 saturated carbocycles. The van der Waals surface area contributed by atoms with Gasteiger partial charge in [0.1, 0.15) is 11.4 Å². The van der Waals surface area contributed by atoms with Crippen molar-refractivity contribution in [1.82, 2.24) is 15.1 Å². The SMILES string of the molecule is CCC(NCC(C)(O)c1cnn(C)c1)c1ccc(F)cc1. The van der Waals surface area contributed by atoms with Crippen LogP contribution in [0, 0.1) is 5.82 Å². The van der Waals surface area contributed by atoms with Gasteiger partial charge in [-0.1, -0.05) is 19.1 Å². The molecule has 0 spiro atoms. The topological polar surface area (TPSA) is 50.1 Å². The van der Waals surface area contributed by atoms with Gasteiger partial charge in [0.25, 0.3) is 0 Å². The molecule has 2 aromatic rings. The van der Waals surface area contributed by atoms with Gasteiger partial charge in [-0.25, -0.2) is 4.39 Å². The van der Waals surface area contributed by atoms with E-state index < -0.39 is 5.60 Å². The number of halogens is 1. The van der Waals surface area contributed by atoms with Crippen LogP contribution >= 0.6 is 0 Å². The van der Waals surface area contributed by atoms with Gasteiger partial charge in [0.15, 0.2) is 0 Å². The van der Waals surface area contributed by atoms with Crippen LogP contribution in [0.1, 0.15) is 37.4 Å². The van der Waals surface area contributed by atoms with Gasteiger partial charge in [-0.15, -0.1) is 0 Å². The number of nitrogens with one attached hydrogen (secondary N) is 1. The fourth-order valence-electron chi connectivity index (χ4n) is 2.32. The van der Waals surface area contributed by atoms with Crippen LogP contribution in [-0.4, -0.2) is 21.4 Å². The molecule has 1 aromatic heterocycles. The first-order chi connectivity index (χ1) is 9.92. The maximum atomic E-state index is 13.0. The van der Waals surface area contributed by atoms with Gasteiger partial charge in [-0.2, -0.15) is 5.10 Å². The Balaban J connectivity index is 2.04. The lowest BCUT2D eigenvalue weighted by Gasteiger charge is -2.26. The van der Waals surface area contributed by atoms with Crippen molar-refractivity contribution in [2.24, 2.45) is 7.05 Å². The third-order valence-electron chi connectivity index (χ3n) is 3.70. The molecule has 4 nitrogen and oxygen atoms in total. The summed E-state index contributed by atoms with van der Waals surface area (Å²) in [7, 11) is 1.82. The van der Waals surface area contributed by atoms with Crippen LogP contribution in [0.2, 0.25) is 0 Å². The van der Waals surface area contributed by atoms with Gasteiger partial charge in [0.2, 0.25) is 0 Å². The van der Waals surface area contributed by atoms with Crippen molar-refractivity contribution in [2.75, 3.05) is 6.54 Å². The second-order valence-electron chi connectivity index (χ2n) is 5.57. The molecular weight excluding hydrogens is 269 g/mol. The van der Waals surface area contributed by atoms with Crippen LogP contribution in [0.5, 0.6) is 0 Å². The van der Waals surface area contributed by atoms with Gasteiger partial charge in [0, 0.05) is 31.4 Å². The summed E-state index contributed by atoms with van der Waals surface area (Å²) in [4.78, 5) is 0. The first-order valence-electron chi connectivity index (χ1n) is 7.12. The van der Waals surface area contributed by atoms with Crippen molar-refractivity contribution in [3.63, 3.8) is 0 Å². The second kappa shape index (κ2) is 6.37. The van der Waals surface area contributed by atoms with Crippen LogP contribution in [0.25, 0.3) is 0 Å². The summed E-state index contributed by atoms with van der Waals surface area (Å²) in [6.45, 7) is 4.21. The largest absolute Gasteiger partial charge is 0.384 e. The van der Waals surface area contributed by atoms with Crippen LogP contribution in [0.4, 0.5) is 4.39 Å². The Morgan fingerprint density at radius 1 is 1.38 bits per heavy atom. The van der Waals surface area contributed by atoms with Crippen LogP contribution < -0.4 is 5.32 Å². The van der Waals surface area contributed by atoms with E-state index >= 15 is 0 Å². The predicted octanol–water partition coefficient (Wildman–Crippen LogP) is 2.51.